The molecule has 0 amide bonds. The number of carbonyl (C=O) groups excluding carboxylic acids is 1. The molecule has 1 atom stereocenters. The highest BCUT2D eigenvalue weighted by molar-refractivity contribution is 5.85. The minimum absolute atomic E-state index is 0.250. The quantitative estimate of drug-likeness (QED) is 0.812. The molecule has 0 aliphatic heterocycles. The van der Waals surface area contributed by atoms with Crippen LogP contribution in [-0.2, 0) is 16.0 Å². The largest absolute Gasteiger partial charge is 0.465 e. The second kappa shape index (κ2) is 5.18. The van der Waals surface area contributed by atoms with Crippen LogP contribution in [0, 0.1) is 5.82 Å². The van der Waals surface area contributed by atoms with Crippen molar-refractivity contribution in [1.29, 1.82) is 0 Å². The third-order valence-corrected chi connectivity index (χ3v) is 2.77. The van der Waals surface area contributed by atoms with Crippen molar-refractivity contribution in [3.05, 3.63) is 35.8 Å². The molecule has 0 fully saturated rings. The first kappa shape index (κ1) is 12.6. The summed E-state index contributed by atoms with van der Waals surface area (Å²) in [5.41, 5.74) is 7.10. The van der Waals surface area contributed by atoms with Crippen molar-refractivity contribution in [2.24, 2.45) is 5.73 Å². The van der Waals surface area contributed by atoms with E-state index in [2.05, 4.69) is 4.98 Å². The van der Waals surface area contributed by atoms with Gasteiger partial charge in [-0.2, -0.15) is 0 Å². The Morgan fingerprint density at radius 2 is 2.33 bits per heavy atom. The Hall–Kier alpha value is -1.88. The lowest BCUT2D eigenvalue weighted by atomic mass is 10.1. The van der Waals surface area contributed by atoms with Crippen molar-refractivity contribution in [2.45, 2.75) is 19.4 Å². The first-order valence-corrected chi connectivity index (χ1v) is 5.80. The van der Waals surface area contributed by atoms with Gasteiger partial charge in [0.2, 0.25) is 0 Å². The number of ether oxygens (including phenoxy) is 1. The number of carbonyl (C=O) groups is 1. The maximum Gasteiger partial charge on any atom is 0.323 e. The van der Waals surface area contributed by atoms with Crippen LogP contribution >= 0.6 is 0 Å². The van der Waals surface area contributed by atoms with E-state index in [1.807, 2.05) is 0 Å². The maximum atomic E-state index is 13.7. The number of rotatable bonds is 4. The van der Waals surface area contributed by atoms with Crippen molar-refractivity contribution < 1.29 is 13.9 Å². The molecule has 4 nitrogen and oxygen atoms in total. The molecule has 2 rings (SSSR count). The van der Waals surface area contributed by atoms with E-state index in [1.165, 1.54) is 6.07 Å². The van der Waals surface area contributed by atoms with Crippen LogP contribution in [-0.4, -0.2) is 23.6 Å². The monoisotopic (exact) mass is 250 g/mol. The Bertz CT molecular complexity index is 565. The van der Waals surface area contributed by atoms with Crippen molar-refractivity contribution >= 4 is 16.9 Å². The summed E-state index contributed by atoms with van der Waals surface area (Å²) in [4.78, 5) is 14.4. The molecular formula is C13H15FN2O2. The minimum Gasteiger partial charge on any atom is -0.465 e. The molecule has 0 radical (unpaired) electrons. The summed E-state index contributed by atoms with van der Waals surface area (Å²) in [6.45, 7) is 2.00. The number of aromatic nitrogens is 1. The zero-order chi connectivity index (χ0) is 13.1. The smallest absolute Gasteiger partial charge is 0.323 e. The Kier molecular flexibility index (Phi) is 3.62. The first-order valence-electron chi connectivity index (χ1n) is 5.80. The molecule has 18 heavy (non-hydrogen) atoms. The summed E-state index contributed by atoms with van der Waals surface area (Å²) < 4.78 is 18.5. The van der Waals surface area contributed by atoms with E-state index in [0.29, 0.717) is 16.5 Å². The van der Waals surface area contributed by atoms with Crippen molar-refractivity contribution in [2.75, 3.05) is 6.61 Å². The van der Waals surface area contributed by atoms with E-state index < -0.39 is 12.0 Å². The second-order valence-electron chi connectivity index (χ2n) is 4.04. The van der Waals surface area contributed by atoms with Gasteiger partial charge in [0.25, 0.3) is 0 Å². The summed E-state index contributed by atoms with van der Waals surface area (Å²) in [7, 11) is 0. The zero-order valence-corrected chi connectivity index (χ0v) is 10.1. The third kappa shape index (κ3) is 2.36. The Morgan fingerprint density at radius 3 is 3.06 bits per heavy atom. The lowest BCUT2D eigenvalue weighted by Crippen LogP contribution is -2.34. The van der Waals surface area contributed by atoms with Gasteiger partial charge in [0.1, 0.15) is 11.9 Å². The van der Waals surface area contributed by atoms with Gasteiger partial charge in [-0.1, -0.05) is 6.07 Å². The maximum absolute atomic E-state index is 13.7. The van der Waals surface area contributed by atoms with Gasteiger partial charge in [0.15, 0.2) is 0 Å². The molecule has 1 unspecified atom stereocenters. The molecule has 1 aromatic heterocycles. The summed E-state index contributed by atoms with van der Waals surface area (Å²) in [5.74, 6) is -0.789. The van der Waals surface area contributed by atoms with E-state index in [9.17, 15) is 9.18 Å². The summed E-state index contributed by atoms with van der Waals surface area (Å²) in [6, 6.07) is 4.01. The van der Waals surface area contributed by atoms with Crippen LogP contribution in [0.4, 0.5) is 4.39 Å². The lowest BCUT2D eigenvalue weighted by molar-refractivity contribution is -0.144. The van der Waals surface area contributed by atoms with E-state index in [-0.39, 0.29) is 18.8 Å². The minimum atomic E-state index is -0.774. The molecule has 5 heteroatoms. The average molecular weight is 250 g/mol. The number of nitrogens with one attached hydrogen (secondary N) is 1. The lowest BCUT2D eigenvalue weighted by Gasteiger charge is -2.09. The number of H-pyrrole nitrogens is 1. The van der Waals surface area contributed by atoms with Gasteiger partial charge in [-0.25, -0.2) is 4.39 Å². The number of hydrogen-bond acceptors (Lipinski definition) is 3. The van der Waals surface area contributed by atoms with Gasteiger partial charge in [-0.05, 0) is 24.6 Å². The highest BCUT2D eigenvalue weighted by Crippen LogP contribution is 2.22. The van der Waals surface area contributed by atoms with E-state index >= 15 is 0 Å². The van der Waals surface area contributed by atoms with E-state index in [0.717, 1.165) is 0 Å². The van der Waals surface area contributed by atoms with Gasteiger partial charge in [-0.15, -0.1) is 0 Å². The predicted octanol–water partition coefficient (Wildman–Crippen LogP) is 1.74. The van der Waals surface area contributed by atoms with Gasteiger partial charge >= 0.3 is 5.97 Å². The predicted molar refractivity (Wildman–Crippen MR) is 66.6 cm³/mol. The van der Waals surface area contributed by atoms with Gasteiger partial charge < -0.3 is 15.5 Å². The molecule has 0 saturated heterocycles. The van der Waals surface area contributed by atoms with Gasteiger partial charge in [0, 0.05) is 23.5 Å². The molecule has 96 valence electrons. The normalized spacial score (nSPS) is 12.6. The Morgan fingerprint density at radius 1 is 1.56 bits per heavy atom. The molecule has 2 aromatic rings. The topological polar surface area (TPSA) is 68.1 Å². The number of esters is 1. The van der Waals surface area contributed by atoms with Crippen LogP contribution in [0.1, 0.15) is 12.5 Å². The second-order valence-corrected chi connectivity index (χ2v) is 4.04. The summed E-state index contributed by atoms with van der Waals surface area (Å²) in [5, 5.41) is 0.484. The summed E-state index contributed by atoms with van der Waals surface area (Å²) >= 11 is 0. The van der Waals surface area contributed by atoms with Gasteiger partial charge in [-0.3, -0.25) is 4.79 Å². The van der Waals surface area contributed by atoms with Crippen molar-refractivity contribution in [3.8, 4) is 0 Å². The number of nitrogens with two attached hydrogens (primary N) is 1. The van der Waals surface area contributed by atoms with Crippen LogP contribution in [0.2, 0.25) is 0 Å². The zero-order valence-electron chi connectivity index (χ0n) is 10.1. The summed E-state index contributed by atoms with van der Waals surface area (Å²) in [6.07, 6.45) is 1.92. The number of benzene rings is 1. The van der Waals surface area contributed by atoms with Gasteiger partial charge in [0.05, 0.1) is 6.61 Å². The molecule has 1 heterocycles. The van der Waals surface area contributed by atoms with Crippen LogP contribution in [0.15, 0.2) is 24.4 Å². The van der Waals surface area contributed by atoms with E-state index in [1.54, 1.807) is 25.3 Å². The number of aromatic amines is 1. The average Bonchev–Trinajstić information content (AvgIpc) is 2.74. The molecule has 0 bridgehead atoms. The molecule has 0 aliphatic carbocycles. The van der Waals surface area contributed by atoms with E-state index in [4.69, 9.17) is 10.5 Å². The van der Waals surface area contributed by atoms with Crippen LogP contribution in [0.5, 0.6) is 0 Å². The molecule has 3 N–H and O–H groups in total. The Balaban J connectivity index is 2.24. The Labute approximate surface area is 104 Å². The molecule has 0 spiro atoms. The van der Waals surface area contributed by atoms with Crippen molar-refractivity contribution in [3.63, 3.8) is 0 Å². The fourth-order valence-corrected chi connectivity index (χ4v) is 1.94. The van der Waals surface area contributed by atoms with Crippen LogP contribution < -0.4 is 5.73 Å². The molecular weight excluding hydrogens is 235 g/mol. The van der Waals surface area contributed by atoms with Crippen LogP contribution in [0.25, 0.3) is 10.9 Å². The number of halogens is 1. The SMILES string of the molecule is CCOC(=O)C(N)Cc1c[nH]c2cccc(F)c12. The third-order valence-electron chi connectivity index (χ3n) is 2.77. The number of hydrogen-bond donors (Lipinski definition) is 2. The highest BCUT2D eigenvalue weighted by Gasteiger charge is 2.18. The fourth-order valence-electron chi connectivity index (χ4n) is 1.94. The van der Waals surface area contributed by atoms with Crippen molar-refractivity contribution in [1.82, 2.24) is 4.98 Å². The first-order chi connectivity index (χ1) is 8.63. The standard InChI is InChI=1S/C13H15FN2O2/c1-2-18-13(17)10(15)6-8-7-16-11-5-3-4-9(14)12(8)11/h3-5,7,10,16H,2,6,15H2,1H3. The fraction of sp³-hybridized carbons (Fsp3) is 0.308. The molecule has 1 aromatic carbocycles. The number of fused-ring (bicyclic) bond motifs is 1. The molecule has 0 aliphatic rings. The highest BCUT2D eigenvalue weighted by atomic mass is 19.1. The van der Waals surface area contributed by atoms with Crippen LogP contribution in [0.3, 0.4) is 0 Å². The molecule has 0 saturated carbocycles.